The van der Waals surface area contributed by atoms with Crippen LogP contribution in [-0.4, -0.2) is 11.2 Å². The van der Waals surface area contributed by atoms with Gasteiger partial charge in [-0.25, -0.2) is 0 Å². The lowest BCUT2D eigenvalue weighted by atomic mass is 9.80. The Kier molecular flexibility index (Phi) is 7.04. The van der Waals surface area contributed by atoms with Gasteiger partial charge < -0.3 is 5.11 Å². The summed E-state index contributed by atoms with van der Waals surface area (Å²) in [6.07, 6.45) is 13.2. The molecule has 20 heavy (non-hydrogen) atoms. The van der Waals surface area contributed by atoms with E-state index in [1.54, 1.807) is 0 Å². The fourth-order valence-electron chi connectivity index (χ4n) is 3.52. The number of hydrogen-bond donors (Lipinski definition) is 1. The molecule has 2 aliphatic carbocycles. The molecular formula is C19H28O. The monoisotopic (exact) mass is 272 g/mol. The lowest BCUT2D eigenvalue weighted by Crippen LogP contribution is -2.29. The van der Waals surface area contributed by atoms with Crippen molar-refractivity contribution in [3.63, 3.8) is 0 Å². The number of hydrogen-bond acceptors (Lipinski definition) is 1. The van der Waals surface area contributed by atoms with Crippen molar-refractivity contribution in [1.82, 2.24) is 0 Å². The zero-order chi connectivity index (χ0) is 14.0. The predicted octanol–water partition coefficient (Wildman–Crippen LogP) is 4.29. The third-order valence-corrected chi connectivity index (χ3v) is 4.72. The summed E-state index contributed by atoms with van der Waals surface area (Å²) in [7, 11) is 0. The van der Waals surface area contributed by atoms with Gasteiger partial charge in [0.2, 0.25) is 0 Å². The Hall–Kier alpha value is -0.920. The highest BCUT2D eigenvalue weighted by Crippen LogP contribution is 2.30. The van der Waals surface area contributed by atoms with E-state index in [-0.39, 0.29) is 6.10 Å². The van der Waals surface area contributed by atoms with Crippen LogP contribution in [0, 0.1) is 35.5 Å². The Morgan fingerprint density at radius 1 is 0.600 bits per heavy atom. The van der Waals surface area contributed by atoms with Gasteiger partial charge in [-0.15, -0.1) is 23.7 Å². The minimum Gasteiger partial charge on any atom is -0.393 e. The molecule has 0 aromatic carbocycles. The molecule has 0 saturated heterocycles. The predicted molar refractivity (Wildman–Crippen MR) is 83.9 cm³/mol. The lowest BCUT2D eigenvalue weighted by Gasteiger charge is -2.30. The maximum Gasteiger partial charge on any atom is 0.0596 e. The standard InChI is InChI=1S/C19H28O/c20-19(17-13-9-5-1-2-6-10-14-17)18-15-11-7-3-4-8-12-16-18/h17-20H,5-16H2. The van der Waals surface area contributed by atoms with Gasteiger partial charge in [-0.1, -0.05) is 0 Å². The van der Waals surface area contributed by atoms with Crippen LogP contribution in [0.2, 0.25) is 0 Å². The van der Waals surface area contributed by atoms with E-state index in [9.17, 15) is 5.11 Å². The second kappa shape index (κ2) is 9.10. The largest absolute Gasteiger partial charge is 0.393 e. The molecule has 0 spiro atoms. The van der Waals surface area contributed by atoms with Crippen molar-refractivity contribution >= 4 is 0 Å². The van der Waals surface area contributed by atoms with Crippen molar-refractivity contribution in [3.05, 3.63) is 0 Å². The number of rotatable bonds is 2. The molecule has 1 N–H and O–H groups in total. The van der Waals surface area contributed by atoms with Gasteiger partial charge in [-0.05, 0) is 63.2 Å². The summed E-state index contributed by atoms with van der Waals surface area (Å²) >= 11 is 0. The van der Waals surface area contributed by atoms with Gasteiger partial charge in [0.05, 0.1) is 6.10 Å². The molecule has 0 atom stereocenters. The Morgan fingerprint density at radius 2 is 0.900 bits per heavy atom. The number of aliphatic hydroxyl groups excluding tert-OH is 1. The number of aliphatic hydroxyl groups is 1. The molecular weight excluding hydrogens is 244 g/mol. The van der Waals surface area contributed by atoms with Crippen LogP contribution in [0.4, 0.5) is 0 Å². The third kappa shape index (κ3) is 5.22. The summed E-state index contributed by atoms with van der Waals surface area (Å²) in [5.41, 5.74) is 0. The summed E-state index contributed by atoms with van der Waals surface area (Å²) < 4.78 is 0. The quantitative estimate of drug-likeness (QED) is 0.743. The van der Waals surface area contributed by atoms with Gasteiger partial charge in [-0.3, -0.25) is 0 Å². The molecule has 1 nitrogen and oxygen atoms in total. The topological polar surface area (TPSA) is 20.2 Å². The van der Waals surface area contributed by atoms with E-state index >= 15 is 0 Å². The molecule has 2 aliphatic rings. The van der Waals surface area contributed by atoms with Gasteiger partial charge in [-0.2, -0.15) is 0 Å². The first-order valence-corrected chi connectivity index (χ1v) is 8.47. The Morgan fingerprint density at radius 3 is 1.20 bits per heavy atom. The van der Waals surface area contributed by atoms with Crippen molar-refractivity contribution in [2.75, 3.05) is 0 Å². The van der Waals surface area contributed by atoms with Crippen LogP contribution in [0.5, 0.6) is 0 Å². The van der Waals surface area contributed by atoms with Gasteiger partial charge in [0.1, 0.15) is 0 Å². The smallest absolute Gasteiger partial charge is 0.0596 e. The highest BCUT2D eigenvalue weighted by atomic mass is 16.3. The second-order valence-corrected chi connectivity index (χ2v) is 6.29. The Labute approximate surface area is 124 Å². The molecule has 0 fully saturated rings. The van der Waals surface area contributed by atoms with Crippen LogP contribution in [-0.2, 0) is 0 Å². The highest BCUT2D eigenvalue weighted by molar-refractivity contribution is 5.01. The zero-order valence-corrected chi connectivity index (χ0v) is 12.7. The van der Waals surface area contributed by atoms with Gasteiger partial charge in [0.25, 0.3) is 0 Å². The zero-order valence-electron chi connectivity index (χ0n) is 12.7. The van der Waals surface area contributed by atoms with Gasteiger partial charge in [0, 0.05) is 25.7 Å². The second-order valence-electron chi connectivity index (χ2n) is 6.29. The lowest BCUT2D eigenvalue weighted by molar-refractivity contribution is 0.0322. The van der Waals surface area contributed by atoms with Crippen molar-refractivity contribution in [2.45, 2.75) is 83.2 Å². The molecule has 110 valence electrons. The van der Waals surface area contributed by atoms with E-state index in [0.717, 1.165) is 77.0 Å². The average molecular weight is 272 g/mol. The third-order valence-electron chi connectivity index (χ3n) is 4.72. The van der Waals surface area contributed by atoms with Crippen LogP contribution in [0.25, 0.3) is 0 Å². The minimum absolute atomic E-state index is 0.105. The van der Waals surface area contributed by atoms with Crippen LogP contribution in [0.1, 0.15) is 77.0 Å². The van der Waals surface area contributed by atoms with Crippen molar-refractivity contribution in [2.24, 2.45) is 11.8 Å². The van der Waals surface area contributed by atoms with Crippen LogP contribution in [0.3, 0.4) is 0 Å². The molecule has 0 amide bonds. The molecule has 0 saturated carbocycles. The summed E-state index contributed by atoms with van der Waals surface area (Å²) in [5.74, 6) is 14.0. The molecule has 0 bridgehead atoms. The highest BCUT2D eigenvalue weighted by Gasteiger charge is 2.26. The molecule has 0 heterocycles. The van der Waals surface area contributed by atoms with Crippen molar-refractivity contribution < 1.29 is 5.11 Å². The molecule has 0 unspecified atom stereocenters. The fourth-order valence-corrected chi connectivity index (χ4v) is 3.52. The van der Waals surface area contributed by atoms with Crippen LogP contribution >= 0.6 is 0 Å². The van der Waals surface area contributed by atoms with Crippen molar-refractivity contribution in [3.8, 4) is 23.7 Å². The first kappa shape index (κ1) is 15.5. The molecule has 0 aliphatic heterocycles. The summed E-state index contributed by atoms with van der Waals surface area (Å²) in [6.45, 7) is 0. The first-order valence-electron chi connectivity index (χ1n) is 8.47. The Balaban J connectivity index is 1.88. The molecule has 2 rings (SSSR count). The molecule has 1 heteroatoms. The van der Waals surface area contributed by atoms with E-state index in [1.165, 1.54) is 0 Å². The first-order chi connectivity index (χ1) is 9.88. The van der Waals surface area contributed by atoms with E-state index in [0.29, 0.717) is 11.8 Å². The van der Waals surface area contributed by atoms with Crippen LogP contribution < -0.4 is 0 Å². The summed E-state index contributed by atoms with van der Waals surface area (Å²) in [5, 5.41) is 10.8. The average Bonchev–Trinajstić information content (AvgIpc) is 2.69. The van der Waals surface area contributed by atoms with Gasteiger partial charge >= 0.3 is 0 Å². The van der Waals surface area contributed by atoms with E-state index in [4.69, 9.17) is 0 Å². The molecule has 0 radical (unpaired) electrons. The molecule has 0 aromatic heterocycles. The van der Waals surface area contributed by atoms with E-state index < -0.39 is 0 Å². The summed E-state index contributed by atoms with van der Waals surface area (Å²) in [4.78, 5) is 0. The van der Waals surface area contributed by atoms with E-state index in [1.807, 2.05) is 0 Å². The summed E-state index contributed by atoms with van der Waals surface area (Å²) in [6, 6.07) is 0. The van der Waals surface area contributed by atoms with Gasteiger partial charge in [0.15, 0.2) is 0 Å². The Bertz CT molecular complexity index is 323. The minimum atomic E-state index is -0.105. The maximum absolute atomic E-state index is 10.8. The van der Waals surface area contributed by atoms with E-state index in [2.05, 4.69) is 23.7 Å². The van der Waals surface area contributed by atoms with Crippen LogP contribution in [0.15, 0.2) is 0 Å². The maximum atomic E-state index is 10.8. The molecule has 0 aromatic rings. The van der Waals surface area contributed by atoms with Crippen molar-refractivity contribution in [1.29, 1.82) is 0 Å². The fraction of sp³-hybridized carbons (Fsp3) is 0.789. The normalized spacial score (nSPS) is 22.9. The SMILES string of the molecule is OC(C1CCCC#CCCC1)C1CCCC#CCCC1.